The Bertz CT molecular complexity index is 613. The number of aryl methyl sites for hydroxylation is 1. The van der Waals surface area contributed by atoms with Gasteiger partial charge in [0.2, 0.25) is 5.91 Å². The summed E-state index contributed by atoms with van der Waals surface area (Å²) in [4.78, 5) is 19.6. The number of nitrogens with zero attached hydrogens (tertiary/aromatic N) is 1. The van der Waals surface area contributed by atoms with Gasteiger partial charge in [-0.2, -0.15) is 0 Å². The fourth-order valence-electron chi connectivity index (χ4n) is 1.62. The first kappa shape index (κ1) is 14.1. The van der Waals surface area contributed by atoms with Gasteiger partial charge >= 0.3 is 0 Å². The molecule has 0 radical (unpaired) electrons. The Balaban J connectivity index is 2.07. The Kier molecular flexibility index (Phi) is 4.41. The Labute approximate surface area is 113 Å². The van der Waals surface area contributed by atoms with Crippen molar-refractivity contribution in [1.29, 1.82) is 0 Å². The van der Waals surface area contributed by atoms with Crippen LogP contribution in [0.4, 0.5) is 8.78 Å². The number of halogens is 2. The summed E-state index contributed by atoms with van der Waals surface area (Å²) < 4.78 is 31.7. The van der Waals surface area contributed by atoms with E-state index in [9.17, 15) is 13.6 Å². The molecule has 1 aromatic heterocycles. The van der Waals surface area contributed by atoms with Crippen LogP contribution in [0.25, 0.3) is 11.3 Å². The van der Waals surface area contributed by atoms with Crippen molar-refractivity contribution in [2.24, 2.45) is 0 Å². The van der Waals surface area contributed by atoms with Crippen molar-refractivity contribution >= 4 is 5.91 Å². The number of amides is 1. The monoisotopic (exact) mass is 282 g/mol. The van der Waals surface area contributed by atoms with Crippen molar-refractivity contribution in [3.8, 4) is 11.3 Å². The van der Waals surface area contributed by atoms with E-state index in [4.69, 9.17) is 4.42 Å². The molecule has 0 aliphatic rings. The molecule has 2 aromatic rings. The Hall–Kier alpha value is -2.28. The molecule has 7 heteroatoms. The second kappa shape index (κ2) is 6.25. The molecule has 0 aliphatic heterocycles. The lowest BCUT2D eigenvalue weighted by molar-refractivity contribution is -0.131. The topological polar surface area (TPSA) is 64.4 Å². The molecule has 0 spiro atoms. The summed E-state index contributed by atoms with van der Waals surface area (Å²) in [6.07, 6.45) is 1.71. The van der Waals surface area contributed by atoms with Gasteiger partial charge in [0.15, 0.2) is 11.7 Å². The summed E-state index contributed by atoms with van der Waals surface area (Å²) in [5, 5.41) is 0. The van der Waals surface area contributed by atoms with Gasteiger partial charge in [0.05, 0.1) is 18.9 Å². The smallest absolute Gasteiger partial charge is 0.244 e. The molecule has 0 saturated carbocycles. The van der Waals surface area contributed by atoms with E-state index >= 15 is 0 Å². The zero-order valence-electron chi connectivity index (χ0n) is 10.7. The second-order valence-corrected chi connectivity index (χ2v) is 3.97. The molecule has 20 heavy (non-hydrogen) atoms. The highest BCUT2D eigenvalue weighted by atomic mass is 19.1. The van der Waals surface area contributed by atoms with E-state index in [2.05, 4.69) is 15.3 Å². The largest absolute Gasteiger partial charge is 0.441 e. The van der Waals surface area contributed by atoms with E-state index in [0.717, 1.165) is 12.1 Å². The van der Waals surface area contributed by atoms with Crippen molar-refractivity contribution in [3.63, 3.8) is 0 Å². The Morgan fingerprint density at radius 1 is 1.45 bits per heavy atom. The molecule has 1 heterocycles. The third-order valence-electron chi connectivity index (χ3n) is 2.53. The maximum atomic E-state index is 13.6. The zero-order valence-corrected chi connectivity index (χ0v) is 10.7. The lowest BCUT2D eigenvalue weighted by Gasteiger charge is -2.00. The van der Waals surface area contributed by atoms with Crippen LogP contribution in [-0.4, -0.2) is 18.0 Å². The third-order valence-corrected chi connectivity index (χ3v) is 2.53. The summed E-state index contributed by atoms with van der Waals surface area (Å²) in [5.74, 6) is -1.24. The van der Waals surface area contributed by atoms with Gasteiger partial charge in [-0.05, 0) is 12.1 Å². The van der Waals surface area contributed by atoms with Crippen LogP contribution < -0.4 is 5.48 Å². The average Bonchev–Trinajstić information content (AvgIpc) is 2.85. The molecule has 0 unspecified atom stereocenters. The Morgan fingerprint density at radius 2 is 2.25 bits per heavy atom. The molecule has 0 fully saturated rings. The van der Waals surface area contributed by atoms with Gasteiger partial charge in [-0.1, -0.05) is 0 Å². The van der Waals surface area contributed by atoms with E-state index in [1.165, 1.54) is 19.4 Å². The highest BCUT2D eigenvalue weighted by Crippen LogP contribution is 2.24. The molecule has 1 aromatic carbocycles. The predicted molar refractivity (Wildman–Crippen MR) is 65.3 cm³/mol. The van der Waals surface area contributed by atoms with Crippen molar-refractivity contribution < 1.29 is 22.8 Å². The number of aromatic nitrogens is 1. The first-order valence-corrected chi connectivity index (χ1v) is 5.82. The lowest BCUT2D eigenvalue weighted by Crippen LogP contribution is -2.21. The van der Waals surface area contributed by atoms with Crippen molar-refractivity contribution in [2.75, 3.05) is 7.11 Å². The van der Waals surface area contributed by atoms with E-state index < -0.39 is 11.6 Å². The molecule has 5 nitrogen and oxygen atoms in total. The fourth-order valence-corrected chi connectivity index (χ4v) is 1.62. The molecule has 106 valence electrons. The number of benzene rings is 1. The van der Waals surface area contributed by atoms with Crippen LogP contribution >= 0.6 is 0 Å². The molecule has 1 N–H and O–H groups in total. The highest BCUT2D eigenvalue weighted by molar-refractivity contribution is 5.74. The molecule has 0 aliphatic carbocycles. The first-order chi connectivity index (χ1) is 9.60. The van der Waals surface area contributed by atoms with Crippen LogP contribution in [0.1, 0.15) is 12.3 Å². The number of nitrogens with one attached hydrogen (secondary N) is 1. The average molecular weight is 282 g/mol. The maximum Gasteiger partial charge on any atom is 0.244 e. The number of hydrogen-bond donors (Lipinski definition) is 1. The van der Waals surface area contributed by atoms with Gasteiger partial charge in [0, 0.05) is 18.9 Å². The van der Waals surface area contributed by atoms with Gasteiger partial charge in [0.25, 0.3) is 0 Å². The van der Waals surface area contributed by atoms with Gasteiger partial charge in [-0.25, -0.2) is 19.2 Å². The molecule has 0 saturated heterocycles. The van der Waals surface area contributed by atoms with Crippen LogP contribution in [0.2, 0.25) is 0 Å². The fraction of sp³-hybridized carbons (Fsp3) is 0.231. The van der Waals surface area contributed by atoms with E-state index in [0.29, 0.717) is 0 Å². The highest BCUT2D eigenvalue weighted by Gasteiger charge is 2.12. The van der Waals surface area contributed by atoms with E-state index in [-0.39, 0.29) is 36.0 Å². The van der Waals surface area contributed by atoms with Crippen molar-refractivity contribution in [3.05, 3.63) is 41.9 Å². The maximum absolute atomic E-state index is 13.6. The number of oxazole rings is 1. The third kappa shape index (κ3) is 3.39. The van der Waals surface area contributed by atoms with Gasteiger partial charge in [-0.3, -0.25) is 9.63 Å². The van der Waals surface area contributed by atoms with Crippen LogP contribution in [-0.2, 0) is 16.1 Å². The van der Waals surface area contributed by atoms with Gasteiger partial charge in [-0.15, -0.1) is 0 Å². The normalized spacial score (nSPS) is 10.6. The van der Waals surface area contributed by atoms with Crippen molar-refractivity contribution in [2.45, 2.75) is 12.8 Å². The standard InChI is InChI=1S/C13H12F2N2O3/c1-19-17-12(18)4-5-13-16-7-11(20-13)9-3-2-8(14)6-10(9)15/h2-3,6-7H,4-5H2,1H3,(H,17,18). The lowest BCUT2D eigenvalue weighted by atomic mass is 10.2. The quantitative estimate of drug-likeness (QED) is 0.854. The molecule has 0 atom stereocenters. The van der Waals surface area contributed by atoms with E-state index in [1.807, 2.05) is 0 Å². The summed E-state index contributed by atoms with van der Waals surface area (Å²) >= 11 is 0. The minimum atomic E-state index is -0.732. The van der Waals surface area contributed by atoms with Gasteiger partial charge < -0.3 is 4.42 Å². The minimum Gasteiger partial charge on any atom is -0.441 e. The number of rotatable bonds is 5. The number of carbonyl (C=O) groups excluding carboxylic acids is 1. The molecular formula is C13H12F2N2O3. The molecule has 1 amide bonds. The molecule has 2 rings (SSSR count). The van der Waals surface area contributed by atoms with Crippen molar-refractivity contribution in [1.82, 2.24) is 10.5 Å². The summed E-state index contributed by atoms with van der Waals surface area (Å²) in [5.41, 5.74) is 2.28. The van der Waals surface area contributed by atoms with Crippen LogP contribution in [0.5, 0.6) is 0 Å². The summed E-state index contributed by atoms with van der Waals surface area (Å²) in [6, 6.07) is 3.17. The molecular weight excluding hydrogens is 270 g/mol. The van der Waals surface area contributed by atoms with Crippen LogP contribution in [0, 0.1) is 11.6 Å². The Morgan fingerprint density at radius 3 is 2.95 bits per heavy atom. The first-order valence-electron chi connectivity index (χ1n) is 5.82. The number of hydroxylamine groups is 1. The number of carbonyl (C=O) groups is 1. The summed E-state index contributed by atoms with van der Waals surface area (Å²) in [7, 11) is 1.33. The van der Waals surface area contributed by atoms with Gasteiger partial charge in [0.1, 0.15) is 11.6 Å². The SMILES string of the molecule is CONC(=O)CCc1ncc(-c2ccc(F)cc2F)o1. The minimum absolute atomic E-state index is 0.117. The zero-order chi connectivity index (χ0) is 14.5. The van der Waals surface area contributed by atoms with Crippen LogP contribution in [0.3, 0.4) is 0 Å². The van der Waals surface area contributed by atoms with E-state index in [1.54, 1.807) is 0 Å². The number of hydrogen-bond acceptors (Lipinski definition) is 4. The van der Waals surface area contributed by atoms with Crippen LogP contribution in [0.15, 0.2) is 28.8 Å². The predicted octanol–water partition coefficient (Wildman–Crippen LogP) is 2.23. The molecule has 0 bridgehead atoms. The second-order valence-electron chi connectivity index (χ2n) is 3.97. The summed E-state index contributed by atoms with van der Waals surface area (Å²) in [6.45, 7) is 0.